The zero-order chi connectivity index (χ0) is 13.4. The summed E-state index contributed by atoms with van der Waals surface area (Å²) in [6.07, 6.45) is -1.56. The lowest BCUT2D eigenvalue weighted by Crippen LogP contribution is -2.30. The van der Waals surface area contributed by atoms with Crippen molar-refractivity contribution >= 4 is 18.3 Å². The zero-order valence-corrected chi connectivity index (χ0v) is 11.7. The SMILES string of the molecule is Cl.O=C(CCC1CCNCC1)NCCCC(F)(F)F. The van der Waals surface area contributed by atoms with Gasteiger partial charge in [0.15, 0.2) is 0 Å². The third-order valence-electron chi connectivity index (χ3n) is 3.20. The number of hydrogen-bond donors (Lipinski definition) is 2. The highest BCUT2D eigenvalue weighted by molar-refractivity contribution is 5.85. The summed E-state index contributed by atoms with van der Waals surface area (Å²) in [5.74, 6) is 0.447. The Hall–Kier alpha value is -0.490. The van der Waals surface area contributed by atoms with Crippen LogP contribution < -0.4 is 10.6 Å². The second kappa shape index (κ2) is 9.42. The minimum absolute atomic E-state index is 0. The molecule has 0 aliphatic carbocycles. The van der Waals surface area contributed by atoms with E-state index in [1.54, 1.807) is 0 Å². The molecule has 1 heterocycles. The number of amides is 1. The van der Waals surface area contributed by atoms with Crippen molar-refractivity contribution in [1.29, 1.82) is 0 Å². The van der Waals surface area contributed by atoms with Crippen LogP contribution in [0.2, 0.25) is 0 Å². The van der Waals surface area contributed by atoms with Gasteiger partial charge in [-0.3, -0.25) is 4.79 Å². The fraction of sp³-hybridized carbons (Fsp3) is 0.917. The number of piperidine rings is 1. The molecule has 2 N–H and O–H groups in total. The monoisotopic (exact) mass is 302 g/mol. The molecule has 0 atom stereocenters. The lowest BCUT2D eigenvalue weighted by Gasteiger charge is -2.22. The number of nitrogens with one attached hydrogen (secondary N) is 2. The van der Waals surface area contributed by atoms with Gasteiger partial charge in [0.05, 0.1) is 0 Å². The zero-order valence-electron chi connectivity index (χ0n) is 10.9. The number of carbonyl (C=O) groups excluding carboxylic acids is 1. The highest BCUT2D eigenvalue weighted by Crippen LogP contribution is 2.21. The summed E-state index contributed by atoms with van der Waals surface area (Å²) < 4.78 is 35.6. The Bertz CT molecular complexity index is 256. The van der Waals surface area contributed by atoms with Crippen LogP contribution in [-0.2, 0) is 4.79 Å². The van der Waals surface area contributed by atoms with E-state index in [9.17, 15) is 18.0 Å². The number of halogens is 4. The molecule has 0 spiro atoms. The van der Waals surface area contributed by atoms with Crippen molar-refractivity contribution in [2.75, 3.05) is 19.6 Å². The summed E-state index contributed by atoms with van der Waals surface area (Å²) in [5, 5.41) is 5.79. The molecule has 3 nitrogen and oxygen atoms in total. The van der Waals surface area contributed by atoms with Crippen molar-refractivity contribution in [3.63, 3.8) is 0 Å². The lowest BCUT2D eigenvalue weighted by molar-refractivity contribution is -0.136. The molecule has 0 unspecified atom stereocenters. The van der Waals surface area contributed by atoms with Gasteiger partial charge in [0.2, 0.25) is 5.91 Å². The van der Waals surface area contributed by atoms with E-state index in [0.29, 0.717) is 12.3 Å². The van der Waals surface area contributed by atoms with E-state index in [-0.39, 0.29) is 31.3 Å². The molecule has 1 saturated heterocycles. The van der Waals surface area contributed by atoms with Gasteiger partial charge in [-0.05, 0) is 44.7 Å². The van der Waals surface area contributed by atoms with Crippen LogP contribution in [0.25, 0.3) is 0 Å². The molecule has 1 rings (SSSR count). The van der Waals surface area contributed by atoms with Crippen LogP contribution in [0.4, 0.5) is 13.2 Å². The van der Waals surface area contributed by atoms with Gasteiger partial charge >= 0.3 is 6.18 Å². The van der Waals surface area contributed by atoms with Crippen molar-refractivity contribution in [3.8, 4) is 0 Å². The highest BCUT2D eigenvalue weighted by Gasteiger charge is 2.26. The van der Waals surface area contributed by atoms with Crippen molar-refractivity contribution in [2.45, 2.75) is 44.7 Å². The van der Waals surface area contributed by atoms with E-state index >= 15 is 0 Å². The quantitative estimate of drug-likeness (QED) is 0.741. The molecule has 0 aromatic rings. The van der Waals surface area contributed by atoms with E-state index in [0.717, 1.165) is 32.4 Å². The Labute approximate surface area is 118 Å². The maximum atomic E-state index is 11.9. The molecule has 114 valence electrons. The van der Waals surface area contributed by atoms with Crippen LogP contribution in [0, 0.1) is 5.92 Å². The van der Waals surface area contributed by atoms with Crippen LogP contribution in [0.15, 0.2) is 0 Å². The Morgan fingerprint density at radius 2 is 1.89 bits per heavy atom. The molecule has 0 radical (unpaired) electrons. The Kier molecular flexibility index (Phi) is 9.18. The normalized spacial score (nSPS) is 16.8. The molecule has 7 heteroatoms. The van der Waals surface area contributed by atoms with Gasteiger partial charge in [-0.15, -0.1) is 12.4 Å². The van der Waals surface area contributed by atoms with E-state index in [4.69, 9.17) is 0 Å². The number of hydrogen-bond acceptors (Lipinski definition) is 2. The number of carbonyl (C=O) groups is 1. The predicted molar refractivity (Wildman–Crippen MR) is 70.4 cm³/mol. The molecule has 0 bridgehead atoms. The van der Waals surface area contributed by atoms with E-state index < -0.39 is 12.6 Å². The first-order valence-corrected chi connectivity index (χ1v) is 6.51. The van der Waals surface area contributed by atoms with E-state index in [1.807, 2.05) is 0 Å². The van der Waals surface area contributed by atoms with Crippen molar-refractivity contribution < 1.29 is 18.0 Å². The smallest absolute Gasteiger partial charge is 0.356 e. The van der Waals surface area contributed by atoms with Gasteiger partial charge in [-0.1, -0.05) is 0 Å². The summed E-state index contributed by atoms with van der Waals surface area (Å²) in [6.45, 7) is 2.11. The summed E-state index contributed by atoms with van der Waals surface area (Å²) >= 11 is 0. The summed E-state index contributed by atoms with van der Waals surface area (Å²) in [4.78, 5) is 11.4. The van der Waals surface area contributed by atoms with Gasteiger partial charge < -0.3 is 10.6 Å². The minimum atomic E-state index is -4.13. The predicted octanol–water partition coefficient (Wildman–Crippen LogP) is 2.65. The second-order valence-corrected chi connectivity index (χ2v) is 4.80. The van der Waals surface area contributed by atoms with Crippen molar-refractivity contribution in [2.24, 2.45) is 5.92 Å². The van der Waals surface area contributed by atoms with Gasteiger partial charge in [0.1, 0.15) is 0 Å². The first-order chi connectivity index (χ1) is 8.47. The molecular weight excluding hydrogens is 281 g/mol. The molecule has 19 heavy (non-hydrogen) atoms. The maximum Gasteiger partial charge on any atom is 0.389 e. The first-order valence-electron chi connectivity index (χ1n) is 6.51. The average molecular weight is 303 g/mol. The average Bonchev–Trinajstić information content (AvgIpc) is 2.32. The fourth-order valence-corrected chi connectivity index (χ4v) is 2.11. The standard InChI is InChI=1S/C12H21F3N2O.ClH/c13-12(14,15)6-1-7-17-11(18)3-2-10-4-8-16-9-5-10;/h10,16H,1-9H2,(H,17,18);1H. The number of alkyl halides is 3. The van der Waals surface area contributed by atoms with Crippen molar-refractivity contribution in [1.82, 2.24) is 10.6 Å². The van der Waals surface area contributed by atoms with Crippen molar-refractivity contribution in [3.05, 3.63) is 0 Å². The van der Waals surface area contributed by atoms with Gasteiger partial charge in [-0.2, -0.15) is 13.2 Å². The summed E-state index contributed by atoms with van der Waals surface area (Å²) in [6, 6.07) is 0. The molecular formula is C12H22ClF3N2O. The molecule has 1 aliphatic rings. The lowest BCUT2D eigenvalue weighted by atomic mass is 9.93. The van der Waals surface area contributed by atoms with Gasteiger partial charge in [-0.25, -0.2) is 0 Å². The number of rotatable bonds is 6. The summed E-state index contributed by atoms with van der Waals surface area (Å²) in [7, 11) is 0. The van der Waals surface area contributed by atoms with Crippen LogP contribution in [0.1, 0.15) is 38.5 Å². The largest absolute Gasteiger partial charge is 0.389 e. The minimum Gasteiger partial charge on any atom is -0.356 e. The van der Waals surface area contributed by atoms with E-state index in [1.165, 1.54) is 0 Å². The van der Waals surface area contributed by atoms with Gasteiger partial charge in [0, 0.05) is 19.4 Å². The Morgan fingerprint density at radius 3 is 2.47 bits per heavy atom. The second-order valence-electron chi connectivity index (χ2n) is 4.80. The van der Waals surface area contributed by atoms with Crippen LogP contribution in [0.3, 0.4) is 0 Å². The fourth-order valence-electron chi connectivity index (χ4n) is 2.11. The molecule has 1 amide bonds. The van der Waals surface area contributed by atoms with E-state index in [2.05, 4.69) is 10.6 Å². The van der Waals surface area contributed by atoms with Crippen LogP contribution in [-0.4, -0.2) is 31.7 Å². The first kappa shape index (κ1) is 18.5. The molecule has 0 aromatic carbocycles. The third-order valence-corrected chi connectivity index (χ3v) is 3.20. The Morgan fingerprint density at radius 1 is 1.26 bits per heavy atom. The molecule has 0 saturated carbocycles. The summed E-state index contributed by atoms with van der Waals surface area (Å²) in [5.41, 5.74) is 0. The molecule has 1 aliphatic heterocycles. The third kappa shape index (κ3) is 10.0. The van der Waals surface area contributed by atoms with Crippen LogP contribution >= 0.6 is 12.4 Å². The van der Waals surface area contributed by atoms with Gasteiger partial charge in [0.25, 0.3) is 0 Å². The van der Waals surface area contributed by atoms with Crippen LogP contribution in [0.5, 0.6) is 0 Å². The molecule has 0 aromatic heterocycles. The molecule has 1 fully saturated rings. The topological polar surface area (TPSA) is 41.1 Å². The highest BCUT2D eigenvalue weighted by atomic mass is 35.5. The maximum absolute atomic E-state index is 11.9. The Balaban J connectivity index is 0.00000324.